The van der Waals surface area contributed by atoms with Crippen LogP contribution in [-0.2, 0) is 4.79 Å². The fraction of sp³-hybridized carbons (Fsp3) is 0.238. The smallest absolute Gasteiger partial charge is 0.252 e. The number of fused-ring (bicyclic) bond motifs is 1. The molecule has 1 amide bonds. The quantitative estimate of drug-likeness (QED) is 0.430. The molecule has 0 aliphatic heterocycles. The Labute approximate surface area is 168 Å². The Morgan fingerprint density at radius 3 is 2.59 bits per heavy atom. The molecule has 140 valence electrons. The Morgan fingerprint density at radius 1 is 1.11 bits per heavy atom. The molecular weight excluding hydrogens is 374 g/mol. The lowest BCUT2D eigenvalue weighted by atomic mass is 10.2. The SMILES string of the molecule is CSc1cccc2sc(N(CCN(C)C)C(=O)C=Cc3ccccc3)nc12. The molecule has 0 unspecified atom stereocenters. The van der Waals surface area contributed by atoms with Gasteiger partial charge in [0.25, 0.3) is 5.91 Å². The molecule has 0 aliphatic carbocycles. The minimum absolute atomic E-state index is 0.0505. The van der Waals surface area contributed by atoms with Crippen LogP contribution in [0, 0.1) is 0 Å². The van der Waals surface area contributed by atoms with E-state index in [2.05, 4.69) is 17.0 Å². The number of nitrogens with zero attached hydrogens (tertiary/aromatic N) is 3. The van der Waals surface area contributed by atoms with Gasteiger partial charge in [-0.15, -0.1) is 11.8 Å². The topological polar surface area (TPSA) is 36.4 Å². The lowest BCUT2D eigenvalue weighted by molar-refractivity contribution is -0.114. The Kier molecular flexibility index (Phi) is 6.66. The summed E-state index contributed by atoms with van der Waals surface area (Å²) in [5, 5.41) is 0.746. The molecular formula is C21H23N3OS2. The van der Waals surface area contributed by atoms with Gasteiger partial charge in [-0.25, -0.2) is 4.98 Å². The van der Waals surface area contributed by atoms with E-state index in [0.29, 0.717) is 6.54 Å². The number of likely N-dealkylation sites (N-methyl/N-ethyl adjacent to an activating group) is 1. The minimum Gasteiger partial charge on any atom is -0.308 e. The summed E-state index contributed by atoms with van der Waals surface area (Å²) in [6, 6.07) is 16.0. The summed E-state index contributed by atoms with van der Waals surface area (Å²) >= 11 is 3.24. The molecule has 6 heteroatoms. The number of carbonyl (C=O) groups is 1. The van der Waals surface area contributed by atoms with Crippen molar-refractivity contribution >= 4 is 50.4 Å². The molecule has 0 aliphatic rings. The van der Waals surface area contributed by atoms with Crippen molar-refractivity contribution in [3.8, 4) is 0 Å². The third-order valence-corrected chi connectivity index (χ3v) is 5.89. The van der Waals surface area contributed by atoms with Crippen LogP contribution in [0.5, 0.6) is 0 Å². The molecule has 0 atom stereocenters. The van der Waals surface area contributed by atoms with Crippen molar-refractivity contribution in [1.82, 2.24) is 9.88 Å². The molecule has 0 saturated heterocycles. The second-order valence-corrected chi connectivity index (χ2v) is 8.20. The zero-order valence-corrected chi connectivity index (χ0v) is 17.4. The highest BCUT2D eigenvalue weighted by Gasteiger charge is 2.19. The van der Waals surface area contributed by atoms with Crippen molar-refractivity contribution in [3.63, 3.8) is 0 Å². The van der Waals surface area contributed by atoms with Crippen LogP contribution in [0.1, 0.15) is 5.56 Å². The predicted molar refractivity (Wildman–Crippen MR) is 118 cm³/mol. The molecule has 27 heavy (non-hydrogen) atoms. The summed E-state index contributed by atoms with van der Waals surface area (Å²) in [5.41, 5.74) is 1.98. The molecule has 0 fully saturated rings. The lowest BCUT2D eigenvalue weighted by Gasteiger charge is -2.20. The van der Waals surface area contributed by atoms with Crippen molar-refractivity contribution in [2.45, 2.75) is 4.90 Å². The third-order valence-electron chi connectivity index (χ3n) is 4.08. The first-order valence-corrected chi connectivity index (χ1v) is 10.8. The Balaban J connectivity index is 1.91. The maximum Gasteiger partial charge on any atom is 0.252 e. The van der Waals surface area contributed by atoms with Crippen LogP contribution >= 0.6 is 23.1 Å². The van der Waals surface area contributed by atoms with E-state index in [9.17, 15) is 4.79 Å². The minimum atomic E-state index is -0.0505. The Morgan fingerprint density at radius 2 is 1.89 bits per heavy atom. The number of rotatable bonds is 7. The highest BCUT2D eigenvalue weighted by Crippen LogP contribution is 2.34. The summed E-state index contributed by atoms with van der Waals surface area (Å²) in [6.07, 6.45) is 5.53. The van der Waals surface area contributed by atoms with E-state index >= 15 is 0 Å². The van der Waals surface area contributed by atoms with Gasteiger partial charge in [0.1, 0.15) is 0 Å². The normalized spacial score (nSPS) is 11.6. The van der Waals surface area contributed by atoms with Crippen LogP contribution in [-0.4, -0.2) is 49.2 Å². The standard InChI is InChI=1S/C21H23N3OS2/c1-23(2)14-15-24(19(25)13-12-16-8-5-4-6-9-16)21-22-20-17(26-3)10-7-11-18(20)27-21/h4-13H,14-15H2,1-3H3. The van der Waals surface area contributed by atoms with Crippen LogP contribution in [0.15, 0.2) is 59.5 Å². The second-order valence-electron chi connectivity index (χ2n) is 6.34. The van der Waals surface area contributed by atoms with Gasteiger partial charge in [-0.3, -0.25) is 9.69 Å². The van der Waals surface area contributed by atoms with E-state index in [0.717, 1.165) is 32.4 Å². The fourth-order valence-corrected chi connectivity index (χ4v) is 4.27. The maximum atomic E-state index is 12.9. The Hall–Kier alpha value is -2.15. The van der Waals surface area contributed by atoms with Gasteiger partial charge in [-0.05, 0) is 44.1 Å². The molecule has 0 bridgehead atoms. The molecule has 3 aromatic rings. The third kappa shape index (κ3) is 4.97. The summed E-state index contributed by atoms with van der Waals surface area (Å²) in [4.78, 5) is 22.7. The lowest BCUT2D eigenvalue weighted by Crippen LogP contribution is -2.35. The zero-order chi connectivity index (χ0) is 19.2. The molecule has 1 aromatic heterocycles. The zero-order valence-electron chi connectivity index (χ0n) is 15.8. The number of amides is 1. The first kappa shape index (κ1) is 19.6. The number of anilines is 1. The summed E-state index contributed by atoms with van der Waals surface area (Å²) in [6.45, 7) is 1.37. The highest BCUT2D eigenvalue weighted by molar-refractivity contribution is 7.98. The number of hydrogen-bond donors (Lipinski definition) is 0. The van der Waals surface area contributed by atoms with Crippen LogP contribution in [0.2, 0.25) is 0 Å². The van der Waals surface area contributed by atoms with Gasteiger partial charge in [0, 0.05) is 24.1 Å². The Bertz CT molecular complexity index is 935. The van der Waals surface area contributed by atoms with Gasteiger partial charge in [0.15, 0.2) is 5.13 Å². The summed E-state index contributed by atoms with van der Waals surface area (Å²) < 4.78 is 1.10. The fourth-order valence-electron chi connectivity index (χ4n) is 2.61. The average Bonchev–Trinajstić information content (AvgIpc) is 3.11. The van der Waals surface area contributed by atoms with Crippen molar-refractivity contribution in [1.29, 1.82) is 0 Å². The highest BCUT2D eigenvalue weighted by atomic mass is 32.2. The van der Waals surface area contributed by atoms with Gasteiger partial charge < -0.3 is 4.90 Å². The van der Waals surface area contributed by atoms with Gasteiger partial charge in [-0.2, -0.15) is 0 Å². The van der Waals surface area contributed by atoms with Gasteiger partial charge in [-0.1, -0.05) is 47.7 Å². The van der Waals surface area contributed by atoms with Crippen molar-refractivity contribution in [2.75, 3.05) is 38.3 Å². The summed E-state index contributed by atoms with van der Waals surface area (Å²) in [5.74, 6) is -0.0505. The molecule has 3 rings (SSSR count). The molecule has 2 aromatic carbocycles. The number of carbonyl (C=O) groups excluding carboxylic acids is 1. The molecule has 0 N–H and O–H groups in total. The number of para-hydroxylation sites is 1. The van der Waals surface area contributed by atoms with E-state index in [4.69, 9.17) is 4.98 Å². The number of hydrogen-bond acceptors (Lipinski definition) is 5. The van der Waals surface area contributed by atoms with Crippen molar-refractivity contribution in [3.05, 3.63) is 60.2 Å². The summed E-state index contributed by atoms with van der Waals surface area (Å²) in [7, 11) is 4.01. The number of thiazole rings is 1. The monoisotopic (exact) mass is 397 g/mol. The largest absolute Gasteiger partial charge is 0.308 e. The second kappa shape index (κ2) is 9.17. The van der Waals surface area contributed by atoms with Crippen LogP contribution in [0.4, 0.5) is 5.13 Å². The van der Waals surface area contributed by atoms with E-state index < -0.39 is 0 Å². The predicted octanol–water partition coefficient (Wildman–Crippen LogP) is 4.63. The van der Waals surface area contributed by atoms with Gasteiger partial charge in [0.2, 0.25) is 0 Å². The van der Waals surface area contributed by atoms with Crippen LogP contribution in [0.3, 0.4) is 0 Å². The first-order valence-electron chi connectivity index (χ1n) is 8.71. The van der Waals surface area contributed by atoms with Crippen LogP contribution in [0.25, 0.3) is 16.3 Å². The molecule has 0 spiro atoms. The molecule has 4 nitrogen and oxygen atoms in total. The maximum absolute atomic E-state index is 12.9. The van der Waals surface area contributed by atoms with Gasteiger partial charge in [0.05, 0.1) is 10.2 Å². The van der Waals surface area contributed by atoms with E-state index in [1.807, 2.05) is 62.8 Å². The molecule has 1 heterocycles. The number of thioether (sulfide) groups is 1. The number of benzene rings is 2. The molecule has 0 saturated carbocycles. The van der Waals surface area contributed by atoms with Crippen molar-refractivity contribution in [2.24, 2.45) is 0 Å². The van der Waals surface area contributed by atoms with E-state index in [1.54, 1.807) is 34.1 Å². The molecule has 0 radical (unpaired) electrons. The first-order chi connectivity index (χ1) is 13.1. The van der Waals surface area contributed by atoms with E-state index in [-0.39, 0.29) is 5.91 Å². The van der Waals surface area contributed by atoms with Crippen LogP contribution < -0.4 is 4.90 Å². The van der Waals surface area contributed by atoms with E-state index in [1.165, 1.54) is 0 Å². The number of aromatic nitrogens is 1. The average molecular weight is 398 g/mol. The van der Waals surface area contributed by atoms with Gasteiger partial charge >= 0.3 is 0 Å². The van der Waals surface area contributed by atoms with Crippen molar-refractivity contribution < 1.29 is 4.79 Å².